The molecule has 1 saturated carbocycles. The molecule has 1 aliphatic carbocycles. The molecule has 2 aromatic carbocycles. The van der Waals surface area contributed by atoms with Crippen LogP contribution in [0.15, 0.2) is 48.5 Å². The van der Waals surface area contributed by atoms with Gasteiger partial charge < -0.3 is 15.0 Å². The molecular weight excluding hydrogens is 478 g/mol. The Kier molecular flexibility index (Phi) is 9.37. The fourth-order valence-corrected chi connectivity index (χ4v) is 5.25. The number of aryl methyl sites for hydroxylation is 1. The molecule has 36 heavy (non-hydrogen) atoms. The number of nitrogens with zero attached hydrogens (tertiary/aromatic N) is 2. The zero-order chi connectivity index (χ0) is 26.3. The van der Waals surface area contributed by atoms with E-state index in [-0.39, 0.29) is 24.2 Å². The number of hydrogen-bond acceptors (Lipinski definition) is 5. The highest BCUT2D eigenvalue weighted by molar-refractivity contribution is 7.92. The van der Waals surface area contributed by atoms with Gasteiger partial charge in [0.15, 0.2) is 0 Å². The second kappa shape index (κ2) is 12.3. The van der Waals surface area contributed by atoms with Crippen molar-refractivity contribution in [2.24, 2.45) is 0 Å². The molecule has 1 aliphatic rings. The van der Waals surface area contributed by atoms with Gasteiger partial charge in [-0.05, 0) is 51.3 Å². The molecule has 0 heterocycles. The second-order valence-electron chi connectivity index (χ2n) is 9.34. The van der Waals surface area contributed by atoms with Gasteiger partial charge in [-0.15, -0.1) is 0 Å². The molecule has 0 spiro atoms. The van der Waals surface area contributed by atoms with Crippen LogP contribution in [0.3, 0.4) is 0 Å². The first-order valence-corrected chi connectivity index (χ1v) is 14.3. The molecule has 1 atom stereocenters. The van der Waals surface area contributed by atoms with E-state index in [1.807, 2.05) is 31.2 Å². The molecule has 0 radical (unpaired) electrons. The van der Waals surface area contributed by atoms with Gasteiger partial charge in [-0.3, -0.25) is 13.9 Å². The summed E-state index contributed by atoms with van der Waals surface area (Å²) in [5.41, 5.74) is 2.23. The van der Waals surface area contributed by atoms with Crippen LogP contribution >= 0.6 is 0 Å². The van der Waals surface area contributed by atoms with Gasteiger partial charge in [-0.25, -0.2) is 8.42 Å². The number of sulfonamides is 1. The highest BCUT2D eigenvalue weighted by Crippen LogP contribution is 2.30. The van der Waals surface area contributed by atoms with Gasteiger partial charge in [-0.1, -0.05) is 54.8 Å². The van der Waals surface area contributed by atoms with Crippen LogP contribution in [0.25, 0.3) is 0 Å². The number of anilines is 1. The summed E-state index contributed by atoms with van der Waals surface area (Å²) in [5.74, 6) is -0.334. The summed E-state index contributed by atoms with van der Waals surface area (Å²) >= 11 is 0. The maximum absolute atomic E-state index is 13.7. The Morgan fingerprint density at radius 1 is 1.08 bits per heavy atom. The van der Waals surface area contributed by atoms with Gasteiger partial charge in [0.05, 0.1) is 18.6 Å². The average molecular weight is 516 g/mol. The summed E-state index contributed by atoms with van der Waals surface area (Å²) in [6.07, 6.45) is 5.08. The minimum Gasteiger partial charge on any atom is -0.492 e. The van der Waals surface area contributed by atoms with E-state index in [4.69, 9.17) is 4.74 Å². The summed E-state index contributed by atoms with van der Waals surface area (Å²) in [6, 6.07) is 13.8. The maximum atomic E-state index is 13.7. The quantitative estimate of drug-likeness (QED) is 0.493. The summed E-state index contributed by atoms with van der Waals surface area (Å²) in [6.45, 7) is 5.56. The lowest BCUT2D eigenvalue weighted by molar-refractivity contribution is -0.139. The minimum absolute atomic E-state index is 0.113. The first-order chi connectivity index (χ1) is 17.1. The largest absolute Gasteiger partial charge is 0.492 e. The van der Waals surface area contributed by atoms with E-state index >= 15 is 0 Å². The minimum atomic E-state index is -3.83. The molecule has 3 rings (SSSR count). The van der Waals surface area contributed by atoms with Crippen molar-refractivity contribution in [3.63, 3.8) is 0 Å². The zero-order valence-electron chi connectivity index (χ0n) is 21.6. The summed E-state index contributed by atoms with van der Waals surface area (Å²) < 4.78 is 32.3. The van der Waals surface area contributed by atoms with Gasteiger partial charge in [0, 0.05) is 12.6 Å². The van der Waals surface area contributed by atoms with Crippen LogP contribution in [0.2, 0.25) is 0 Å². The Morgan fingerprint density at radius 2 is 1.72 bits per heavy atom. The Hall–Kier alpha value is -3.07. The van der Waals surface area contributed by atoms with E-state index in [1.54, 1.807) is 38.1 Å². The smallest absolute Gasteiger partial charge is 0.244 e. The number of ether oxygens (including phenoxy) is 1. The van der Waals surface area contributed by atoms with Crippen LogP contribution in [0.4, 0.5) is 5.69 Å². The lowest BCUT2D eigenvalue weighted by atomic mass is 10.1. The van der Waals surface area contributed by atoms with E-state index in [2.05, 4.69) is 5.32 Å². The van der Waals surface area contributed by atoms with Crippen LogP contribution in [-0.2, 0) is 26.2 Å². The van der Waals surface area contributed by atoms with Gasteiger partial charge in [0.2, 0.25) is 21.8 Å². The SMILES string of the molecule is CCOc1ccccc1N(CC(=O)N(Cc1ccc(C)cc1)[C@@H](C)C(=O)NC1CCCC1)S(C)(=O)=O. The number of rotatable bonds is 11. The number of carbonyl (C=O) groups excluding carboxylic acids is 2. The fraction of sp³-hybridized carbons (Fsp3) is 0.481. The number of nitrogens with one attached hydrogen (secondary N) is 1. The third kappa shape index (κ3) is 7.22. The average Bonchev–Trinajstić information content (AvgIpc) is 3.34. The predicted octanol–water partition coefficient (Wildman–Crippen LogP) is 3.64. The molecule has 0 unspecified atom stereocenters. The standard InChI is InChI=1S/C27H37N3O5S/c1-5-35-25-13-9-8-12-24(25)30(36(4,33)34)19-26(31)29(18-22-16-14-20(2)15-17-22)21(3)27(32)28-23-10-6-7-11-23/h8-9,12-17,21,23H,5-7,10-11,18-19H2,1-4H3,(H,28,32)/t21-/m0/s1. The lowest BCUT2D eigenvalue weighted by Gasteiger charge is -2.32. The molecule has 2 amide bonds. The van der Waals surface area contributed by atoms with Crippen LogP contribution < -0.4 is 14.4 Å². The number of para-hydroxylation sites is 2. The lowest BCUT2D eigenvalue weighted by Crippen LogP contribution is -2.52. The van der Waals surface area contributed by atoms with Crippen molar-refractivity contribution < 1.29 is 22.7 Å². The van der Waals surface area contributed by atoms with Gasteiger partial charge in [-0.2, -0.15) is 0 Å². The van der Waals surface area contributed by atoms with Crippen LogP contribution in [-0.4, -0.2) is 56.6 Å². The first kappa shape index (κ1) is 27.5. The van der Waals surface area contributed by atoms with E-state index in [9.17, 15) is 18.0 Å². The molecular formula is C27H37N3O5S. The molecule has 1 fully saturated rings. The van der Waals surface area contributed by atoms with Crippen molar-refractivity contribution >= 4 is 27.5 Å². The van der Waals surface area contributed by atoms with Gasteiger partial charge in [0.25, 0.3) is 0 Å². The third-order valence-electron chi connectivity index (χ3n) is 6.46. The molecule has 1 N–H and O–H groups in total. The van der Waals surface area contributed by atoms with Crippen molar-refractivity contribution in [1.82, 2.24) is 10.2 Å². The first-order valence-electron chi connectivity index (χ1n) is 12.4. The highest BCUT2D eigenvalue weighted by atomic mass is 32.2. The summed E-state index contributed by atoms with van der Waals surface area (Å²) in [4.78, 5) is 28.3. The normalized spacial score (nSPS) is 14.8. The molecule has 0 saturated heterocycles. The van der Waals surface area contributed by atoms with Crippen LogP contribution in [0.1, 0.15) is 50.7 Å². The molecule has 0 aliphatic heterocycles. The van der Waals surface area contributed by atoms with Crippen molar-refractivity contribution in [2.45, 2.75) is 65.1 Å². The molecule has 0 aromatic heterocycles. The Balaban J connectivity index is 1.90. The molecule has 0 bridgehead atoms. The van der Waals surface area contributed by atoms with Crippen molar-refractivity contribution in [3.05, 3.63) is 59.7 Å². The van der Waals surface area contributed by atoms with E-state index in [0.717, 1.165) is 47.4 Å². The maximum Gasteiger partial charge on any atom is 0.244 e. The fourth-order valence-electron chi connectivity index (χ4n) is 4.40. The molecule has 8 nitrogen and oxygen atoms in total. The number of benzene rings is 2. The third-order valence-corrected chi connectivity index (χ3v) is 7.58. The zero-order valence-corrected chi connectivity index (χ0v) is 22.4. The van der Waals surface area contributed by atoms with Crippen molar-refractivity contribution in [2.75, 3.05) is 23.7 Å². The molecule has 2 aromatic rings. The number of hydrogen-bond donors (Lipinski definition) is 1. The topological polar surface area (TPSA) is 96.0 Å². The molecule has 9 heteroatoms. The Bertz CT molecular complexity index is 1140. The van der Waals surface area contributed by atoms with E-state index in [0.29, 0.717) is 12.4 Å². The van der Waals surface area contributed by atoms with E-state index < -0.39 is 28.5 Å². The second-order valence-corrected chi connectivity index (χ2v) is 11.3. The van der Waals surface area contributed by atoms with Crippen LogP contribution in [0, 0.1) is 6.92 Å². The number of amides is 2. The monoisotopic (exact) mass is 515 g/mol. The highest BCUT2D eigenvalue weighted by Gasteiger charge is 2.32. The summed E-state index contributed by atoms with van der Waals surface area (Å²) in [5, 5.41) is 3.07. The predicted molar refractivity (Wildman–Crippen MR) is 141 cm³/mol. The summed E-state index contributed by atoms with van der Waals surface area (Å²) in [7, 11) is -3.83. The Labute approximate surface area is 214 Å². The van der Waals surface area contributed by atoms with Crippen molar-refractivity contribution in [1.29, 1.82) is 0 Å². The van der Waals surface area contributed by atoms with E-state index in [1.165, 1.54) is 4.90 Å². The van der Waals surface area contributed by atoms with Crippen LogP contribution in [0.5, 0.6) is 5.75 Å². The van der Waals surface area contributed by atoms with Gasteiger partial charge >= 0.3 is 0 Å². The molecule has 196 valence electrons. The van der Waals surface area contributed by atoms with Crippen molar-refractivity contribution in [3.8, 4) is 5.75 Å². The van der Waals surface area contributed by atoms with Gasteiger partial charge in [0.1, 0.15) is 18.3 Å². The Morgan fingerprint density at radius 3 is 2.33 bits per heavy atom. The number of carbonyl (C=O) groups is 2.